The van der Waals surface area contributed by atoms with Gasteiger partial charge in [-0.25, -0.2) is 4.98 Å². The molecule has 4 nitrogen and oxygen atoms in total. The number of piperidine rings is 1. The molecule has 1 saturated heterocycles. The van der Waals surface area contributed by atoms with Crippen molar-refractivity contribution in [1.29, 1.82) is 0 Å². The number of phenols is 1. The highest BCUT2D eigenvalue weighted by Gasteiger charge is 2.14. The van der Waals surface area contributed by atoms with Gasteiger partial charge in [-0.15, -0.1) is 0 Å². The molecule has 23 heavy (non-hydrogen) atoms. The molecule has 0 spiro atoms. The van der Waals surface area contributed by atoms with Gasteiger partial charge in [0.2, 0.25) is 0 Å². The number of imidazole rings is 1. The van der Waals surface area contributed by atoms with Crippen LogP contribution in [0, 0.1) is 0 Å². The van der Waals surface area contributed by atoms with Crippen LogP contribution in [0.5, 0.6) is 5.75 Å². The van der Waals surface area contributed by atoms with Gasteiger partial charge in [0.15, 0.2) is 0 Å². The molecule has 2 N–H and O–H groups in total. The number of rotatable bonds is 3. The van der Waals surface area contributed by atoms with E-state index in [-0.39, 0.29) is 0 Å². The largest absolute Gasteiger partial charge is 0.508 e. The summed E-state index contributed by atoms with van der Waals surface area (Å²) in [6, 6.07) is 13.8. The predicted molar refractivity (Wildman–Crippen MR) is 92.3 cm³/mol. The molecule has 0 radical (unpaired) electrons. The topological polar surface area (TPSA) is 52.2 Å². The van der Waals surface area contributed by atoms with E-state index >= 15 is 0 Å². The number of nitrogens with zero attached hydrogens (tertiary/aromatic N) is 2. The van der Waals surface area contributed by atoms with E-state index in [4.69, 9.17) is 0 Å². The number of para-hydroxylation sites is 2. The minimum Gasteiger partial charge on any atom is -0.508 e. The number of benzene rings is 2. The summed E-state index contributed by atoms with van der Waals surface area (Å²) in [4.78, 5) is 10.4. The molecule has 0 aliphatic carbocycles. The van der Waals surface area contributed by atoms with Crippen LogP contribution in [-0.4, -0.2) is 33.1 Å². The van der Waals surface area contributed by atoms with Crippen molar-refractivity contribution in [3.8, 4) is 17.1 Å². The molecule has 0 unspecified atom stereocenters. The number of phenolic OH excluding ortho intramolecular Hbond substituents is 1. The monoisotopic (exact) mass is 307 g/mol. The number of aromatic nitrogens is 2. The van der Waals surface area contributed by atoms with E-state index in [0.717, 1.165) is 47.6 Å². The number of aromatic hydroxyl groups is 1. The zero-order valence-corrected chi connectivity index (χ0v) is 13.1. The van der Waals surface area contributed by atoms with Crippen molar-refractivity contribution in [2.24, 2.45) is 0 Å². The SMILES string of the molecule is Oc1ccc(-c2nc3ccccc3[nH]2)cc1CN1CCCCC1. The summed E-state index contributed by atoms with van der Waals surface area (Å²) in [6.45, 7) is 3.04. The number of likely N-dealkylation sites (tertiary alicyclic amines) is 1. The van der Waals surface area contributed by atoms with E-state index in [9.17, 15) is 5.11 Å². The Morgan fingerprint density at radius 1 is 1.04 bits per heavy atom. The molecular weight excluding hydrogens is 286 g/mol. The fourth-order valence-electron chi connectivity index (χ4n) is 3.31. The lowest BCUT2D eigenvalue weighted by atomic mass is 10.1. The number of hydrogen-bond acceptors (Lipinski definition) is 3. The van der Waals surface area contributed by atoms with Gasteiger partial charge in [0.05, 0.1) is 11.0 Å². The smallest absolute Gasteiger partial charge is 0.138 e. The lowest BCUT2D eigenvalue weighted by molar-refractivity contribution is 0.218. The lowest BCUT2D eigenvalue weighted by Gasteiger charge is -2.26. The molecule has 4 heteroatoms. The third-order valence-corrected chi connectivity index (χ3v) is 4.58. The average molecular weight is 307 g/mol. The molecular formula is C19H21N3O. The Kier molecular flexibility index (Phi) is 3.75. The Hall–Kier alpha value is -2.33. The van der Waals surface area contributed by atoms with E-state index in [1.807, 2.05) is 30.3 Å². The fraction of sp³-hybridized carbons (Fsp3) is 0.316. The number of aromatic amines is 1. The summed E-state index contributed by atoms with van der Waals surface area (Å²) < 4.78 is 0. The maximum absolute atomic E-state index is 10.2. The number of hydrogen-bond donors (Lipinski definition) is 2. The first-order valence-corrected chi connectivity index (χ1v) is 8.29. The fourth-order valence-corrected chi connectivity index (χ4v) is 3.31. The first-order valence-electron chi connectivity index (χ1n) is 8.29. The third-order valence-electron chi connectivity index (χ3n) is 4.58. The predicted octanol–water partition coefficient (Wildman–Crippen LogP) is 3.92. The molecule has 0 bridgehead atoms. The van der Waals surface area contributed by atoms with Crippen molar-refractivity contribution in [3.05, 3.63) is 48.0 Å². The molecule has 1 aromatic heterocycles. The van der Waals surface area contributed by atoms with Gasteiger partial charge in [-0.1, -0.05) is 18.6 Å². The standard InChI is InChI=1S/C19H21N3O/c23-18-9-8-14(12-15(18)13-22-10-4-1-5-11-22)19-20-16-6-2-3-7-17(16)21-19/h2-3,6-9,12,23H,1,4-5,10-11,13H2,(H,20,21). The van der Waals surface area contributed by atoms with Gasteiger partial charge in [0.1, 0.15) is 11.6 Å². The van der Waals surface area contributed by atoms with Crippen molar-refractivity contribution in [1.82, 2.24) is 14.9 Å². The number of fused-ring (bicyclic) bond motifs is 1. The van der Waals surface area contributed by atoms with Crippen LogP contribution in [0.1, 0.15) is 24.8 Å². The van der Waals surface area contributed by atoms with Crippen LogP contribution in [0.3, 0.4) is 0 Å². The van der Waals surface area contributed by atoms with Gasteiger partial charge < -0.3 is 10.1 Å². The average Bonchev–Trinajstić information content (AvgIpc) is 3.02. The Bertz CT molecular complexity index is 785. The van der Waals surface area contributed by atoms with Crippen LogP contribution < -0.4 is 0 Å². The highest BCUT2D eigenvalue weighted by atomic mass is 16.3. The minimum absolute atomic E-state index is 0.371. The molecule has 0 amide bonds. The van der Waals surface area contributed by atoms with Gasteiger partial charge in [0.25, 0.3) is 0 Å². The van der Waals surface area contributed by atoms with Gasteiger partial charge in [-0.3, -0.25) is 4.90 Å². The summed E-state index contributed by atoms with van der Waals surface area (Å²) in [5, 5.41) is 10.2. The maximum atomic E-state index is 10.2. The van der Waals surface area contributed by atoms with Crippen LogP contribution in [0.4, 0.5) is 0 Å². The quantitative estimate of drug-likeness (QED) is 0.771. The van der Waals surface area contributed by atoms with Gasteiger partial charge in [0, 0.05) is 17.7 Å². The summed E-state index contributed by atoms with van der Waals surface area (Å²) in [5.41, 5.74) is 4.00. The lowest BCUT2D eigenvalue weighted by Crippen LogP contribution is -2.29. The first-order chi connectivity index (χ1) is 11.3. The molecule has 4 rings (SSSR count). The van der Waals surface area contributed by atoms with Gasteiger partial charge in [-0.05, 0) is 56.3 Å². The van der Waals surface area contributed by atoms with E-state index < -0.39 is 0 Å². The van der Waals surface area contributed by atoms with E-state index in [0.29, 0.717) is 5.75 Å². The third kappa shape index (κ3) is 2.94. The Morgan fingerprint density at radius 2 is 1.87 bits per heavy atom. The first kappa shape index (κ1) is 14.3. The Morgan fingerprint density at radius 3 is 2.70 bits per heavy atom. The normalized spacial score (nSPS) is 16.0. The highest BCUT2D eigenvalue weighted by molar-refractivity contribution is 5.79. The van der Waals surface area contributed by atoms with Crippen molar-refractivity contribution < 1.29 is 5.11 Å². The zero-order valence-electron chi connectivity index (χ0n) is 13.1. The molecule has 0 atom stereocenters. The van der Waals surface area contributed by atoms with Gasteiger partial charge >= 0.3 is 0 Å². The molecule has 1 fully saturated rings. The summed E-state index contributed by atoms with van der Waals surface area (Å²) in [7, 11) is 0. The van der Waals surface area contributed by atoms with E-state index in [2.05, 4.69) is 20.9 Å². The second kappa shape index (κ2) is 6.05. The number of nitrogens with one attached hydrogen (secondary N) is 1. The van der Waals surface area contributed by atoms with Crippen LogP contribution >= 0.6 is 0 Å². The number of H-pyrrole nitrogens is 1. The zero-order chi connectivity index (χ0) is 15.6. The highest BCUT2D eigenvalue weighted by Crippen LogP contribution is 2.27. The van der Waals surface area contributed by atoms with E-state index in [1.165, 1.54) is 19.3 Å². The van der Waals surface area contributed by atoms with Gasteiger partial charge in [-0.2, -0.15) is 0 Å². The molecule has 2 aromatic carbocycles. The Balaban J connectivity index is 1.65. The van der Waals surface area contributed by atoms with Crippen molar-refractivity contribution in [3.63, 3.8) is 0 Å². The second-order valence-electron chi connectivity index (χ2n) is 6.28. The van der Waals surface area contributed by atoms with Crippen molar-refractivity contribution >= 4 is 11.0 Å². The van der Waals surface area contributed by atoms with Crippen LogP contribution in [0.2, 0.25) is 0 Å². The van der Waals surface area contributed by atoms with Crippen LogP contribution in [-0.2, 0) is 6.54 Å². The minimum atomic E-state index is 0.371. The molecule has 0 saturated carbocycles. The molecule has 3 aromatic rings. The van der Waals surface area contributed by atoms with Crippen molar-refractivity contribution in [2.45, 2.75) is 25.8 Å². The second-order valence-corrected chi connectivity index (χ2v) is 6.28. The van der Waals surface area contributed by atoms with Crippen LogP contribution in [0.25, 0.3) is 22.4 Å². The molecule has 1 aliphatic heterocycles. The molecule has 1 aliphatic rings. The Labute approximate surface area is 135 Å². The van der Waals surface area contributed by atoms with E-state index in [1.54, 1.807) is 6.07 Å². The molecule has 118 valence electrons. The summed E-state index contributed by atoms with van der Waals surface area (Å²) in [5.74, 6) is 1.22. The maximum Gasteiger partial charge on any atom is 0.138 e. The summed E-state index contributed by atoms with van der Waals surface area (Å²) in [6.07, 6.45) is 3.83. The van der Waals surface area contributed by atoms with Crippen LogP contribution in [0.15, 0.2) is 42.5 Å². The summed E-state index contributed by atoms with van der Waals surface area (Å²) >= 11 is 0. The molecule has 2 heterocycles. The van der Waals surface area contributed by atoms with Crippen molar-refractivity contribution in [2.75, 3.05) is 13.1 Å².